The third-order valence-electron chi connectivity index (χ3n) is 4.76. The largest absolute Gasteiger partial charge is 0.469 e. The van der Waals surface area contributed by atoms with E-state index in [1.807, 2.05) is 12.1 Å². The topological polar surface area (TPSA) is 78.7 Å². The van der Waals surface area contributed by atoms with Crippen LogP contribution in [0.2, 0.25) is 0 Å². The zero-order chi connectivity index (χ0) is 16.6. The van der Waals surface area contributed by atoms with Crippen molar-refractivity contribution in [3.63, 3.8) is 0 Å². The first-order valence-corrected chi connectivity index (χ1v) is 9.16. The maximum absolute atomic E-state index is 11.3. The van der Waals surface area contributed by atoms with Gasteiger partial charge in [-0.15, -0.1) is 24.0 Å². The molecule has 1 saturated heterocycles. The number of carbonyl (C=O) groups is 1. The van der Waals surface area contributed by atoms with Gasteiger partial charge in [-0.05, 0) is 31.4 Å². The summed E-state index contributed by atoms with van der Waals surface area (Å²) in [5.41, 5.74) is 0. The van der Waals surface area contributed by atoms with Gasteiger partial charge in [-0.25, -0.2) is 0 Å². The molecule has 1 aromatic rings. The van der Waals surface area contributed by atoms with Crippen LogP contribution in [0, 0.1) is 0 Å². The van der Waals surface area contributed by atoms with E-state index in [0.29, 0.717) is 25.6 Å². The first-order chi connectivity index (χ1) is 11.8. The minimum atomic E-state index is 0. The van der Waals surface area contributed by atoms with Crippen molar-refractivity contribution in [1.29, 1.82) is 0 Å². The third kappa shape index (κ3) is 6.87. The van der Waals surface area contributed by atoms with Gasteiger partial charge in [-0.2, -0.15) is 0 Å². The van der Waals surface area contributed by atoms with Crippen LogP contribution >= 0.6 is 24.0 Å². The van der Waals surface area contributed by atoms with E-state index in [-0.39, 0.29) is 35.9 Å². The number of piperidine rings is 1. The predicted molar refractivity (Wildman–Crippen MR) is 109 cm³/mol. The zero-order valence-electron chi connectivity index (χ0n) is 14.6. The minimum absolute atomic E-state index is 0. The first-order valence-electron chi connectivity index (χ1n) is 9.16. The Balaban J connectivity index is 0.00000225. The van der Waals surface area contributed by atoms with Crippen LogP contribution in [0.3, 0.4) is 0 Å². The zero-order valence-corrected chi connectivity index (χ0v) is 17.0. The molecule has 1 aromatic heterocycles. The van der Waals surface area contributed by atoms with Crippen LogP contribution in [0.1, 0.15) is 50.7 Å². The highest BCUT2D eigenvalue weighted by atomic mass is 127. The lowest BCUT2D eigenvalue weighted by atomic mass is 9.96. The van der Waals surface area contributed by atoms with Gasteiger partial charge in [0.2, 0.25) is 5.91 Å². The van der Waals surface area contributed by atoms with Crippen LogP contribution in [0.25, 0.3) is 0 Å². The Morgan fingerprint density at radius 3 is 2.68 bits per heavy atom. The van der Waals surface area contributed by atoms with Gasteiger partial charge in [0.25, 0.3) is 0 Å². The average molecular weight is 460 g/mol. The number of amides is 1. The van der Waals surface area contributed by atoms with Crippen molar-refractivity contribution in [2.45, 2.75) is 63.5 Å². The number of halogens is 1. The molecule has 3 N–H and O–H groups in total. The van der Waals surface area contributed by atoms with Gasteiger partial charge in [-0.1, -0.05) is 19.3 Å². The summed E-state index contributed by atoms with van der Waals surface area (Å²) in [6, 6.07) is 4.64. The van der Waals surface area contributed by atoms with E-state index >= 15 is 0 Å². The molecule has 1 aliphatic carbocycles. The summed E-state index contributed by atoms with van der Waals surface area (Å²) >= 11 is 0. The molecule has 7 heteroatoms. The summed E-state index contributed by atoms with van der Waals surface area (Å²) in [6.07, 6.45) is 10.3. The second kappa shape index (κ2) is 10.7. The summed E-state index contributed by atoms with van der Waals surface area (Å²) in [7, 11) is 0. The Morgan fingerprint density at radius 2 is 2.00 bits per heavy atom. The van der Waals surface area contributed by atoms with E-state index in [0.717, 1.165) is 24.6 Å². The number of carbonyl (C=O) groups excluding carboxylic acids is 1. The number of guanidine groups is 1. The fourth-order valence-electron chi connectivity index (χ4n) is 3.36. The molecule has 0 radical (unpaired) electrons. The van der Waals surface area contributed by atoms with Gasteiger partial charge in [-0.3, -0.25) is 9.79 Å². The molecule has 1 atom stereocenters. The molecule has 0 spiro atoms. The molecule has 140 valence electrons. The van der Waals surface area contributed by atoms with Gasteiger partial charge in [0, 0.05) is 38.0 Å². The number of hydrogen-bond donors (Lipinski definition) is 3. The molecule has 2 aliphatic rings. The molecule has 1 amide bonds. The van der Waals surface area contributed by atoms with Crippen LogP contribution in [-0.2, 0) is 11.2 Å². The lowest BCUT2D eigenvalue weighted by molar-refractivity contribution is -0.122. The SMILES string of the molecule is I.O=C1CCC(NC(=NCCc2ccco2)NC2CCCCC2)CN1. The van der Waals surface area contributed by atoms with Gasteiger partial charge < -0.3 is 20.4 Å². The Hall–Kier alpha value is -1.25. The highest BCUT2D eigenvalue weighted by Gasteiger charge is 2.20. The maximum Gasteiger partial charge on any atom is 0.220 e. The molecule has 1 saturated carbocycles. The number of hydrogen-bond acceptors (Lipinski definition) is 3. The minimum Gasteiger partial charge on any atom is -0.469 e. The van der Waals surface area contributed by atoms with E-state index in [9.17, 15) is 4.79 Å². The smallest absolute Gasteiger partial charge is 0.220 e. The quantitative estimate of drug-likeness (QED) is 0.359. The van der Waals surface area contributed by atoms with E-state index in [1.54, 1.807) is 6.26 Å². The van der Waals surface area contributed by atoms with Crippen molar-refractivity contribution in [2.75, 3.05) is 13.1 Å². The molecule has 25 heavy (non-hydrogen) atoms. The van der Waals surface area contributed by atoms with Gasteiger partial charge in [0.1, 0.15) is 5.76 Å². The summed E-state index contributed by atoms with van der Waals surface area (Å²) in [5, 5.41) is 10.0. The summed E-state index contributed by atoms with van der Waals surface area (Å²) in [6.45, 7) is 1.36. The number of aliphatic imine (C=N–C) groups is 1. The molecule has 6 nitrogen and oxygen atoms in total. The summed E-state index contributed by atoms with van der Waals surface area (Å²) < 4.78 is 5.37. The van der Waals surface area contributed by atoms with Crippen molar-refractivity contribution in [3.05, 3.63) is 24.2 Å². The Morgan fingerprint density at radius 1 is 1.20 bits per heavy atom. The fraction of sp³-hybridized carbons (Fsp3) is 0.667. The van der Waals surface area contributed by atoms with Crippen molar-refractivity contribution in [2.24, 2.45) is 4.99 Å². The van der Waals surface area contributed by atoms with Gasteiger partial charge in [0.15, 0.2) is 5.96 Å². The van der Waals surface area contributed by atoms with E-state index < -0.39 is 0 Å². The normalized spacial score (nSPS) is 22.0. The summed E-state index contributed by atoms with van der Waals surface area (Å²) in [5.74, 6) is 1.97. The molecular formula is C18H29IN4O2. The van der Waals surface area contributed by atoms with Crippen molar-refractivity contribution >= 4 is 35.8 Å². The van der Waals surface area contributed by atoms with E-state index in [1.165, 1.54) is 32.1 Å². The second-order valence-corrected chi connectivity index (χ2v) is 6.72. The van der Waals surface area contributed by atoms with Crippen LogP contribution in [-0.4, -0.2) is 37.0 Å². The van der Waals surface area contributed by atoms with Crippen molar-refractivity contribution in [3.8, 4) is 0 Å². The number of nitrogens with zero attached hydrogens (tertiary/aromatic N) is 1. The highest BCUT2D eigenvalue weighted by Crippen LogP contribution is 2.17. The second-order valence-electron chi connectivity index (χ2n) is 6.72. The molecule has 1 unspecified atom stereocenters. The lowest BCUT2D eigenvalue weighted by Crippen LogP contribution is -2.53. The van der Waals surface area contributed by atoms with Crippen molar-refractivity contribution in [1.82, 2.24) is 16.0 Å². The lowest BCUT2D eigenvalue weighted by Gasteiger charge is -2.29. The van der Waals surface area contributed by atoms with Gasteiger partial charge in [0.05, 0.1) is 6.26 Å². The Labute approximate surface area is 166 Å². The monoisotopic (exact) mass is 460 g/mol. The number of nitrogens with one attached hydrogen (secondary N) is 3. The Bertz CT molecular complexity index is 531. The molecule has 0 aromatic carbocycles. The maximum atomic E-state index is 11.3. The van der Waals surface area contributed by atoms with Gasteiger partial charge >= 0.3 is 0 Å². The number of furan rings is 1. The summed E-state index contributed by atoms with van der Waals surface area (Å²) in [4.78, 5) is 16.0. The number of rotatable bonds is 5. The van der Waals surface area contributed by atoms with Crippen molar-refractivity contribution < 1.29 is 9.21 Å². The van der Waals surface area contributed by atoms with E-state index in [4.69, 9.17) is 9.41 Å². The molecular weight excluding hydrogens is 431 g/mol. The molecule has 0 bridgehead atoms. The van der Waals surface area contributed by atoms with Crippen LogP contribution in [0.4, 0.5) is 0 Å². The molecule has 3 rings (SSSR count). The highest BCUT2D eigenvalue weighted by molar-refractivity contribution is 14.0. The fourth-order valence-corrected chi connectivity index (χ4v) is 3.36. The van der Waals surface area contributed by atoms with Crippen LogP contribution in [0.5, 0.6) is 0 Å². The first kappa shape index (κ1) is 20.1. The van der Waals surface area contributed by atoms with Crippen LogP contribution in [0.15, 0.2) is 27.8 Å². The third-order valence-corrected chi connectivity index (χ3v) is 4.76. The standard InChI is InChI=1S/C18H28N4O2.HI/c23-17-9-8-15(13-20-17)22-18(21-14-5-2-1-3-6-14)19-11-10-16-7-4-12-24-16;/h4,7,12,14-15H,1-3,5-6,8-11,13H2,(H,20,23)(H2,19,21,22);1H. The van der Waals surface area contributed by atoms with Crippen LogP contribution < -0.4 is 16.0 Å². The molecule has 1 aliphatic heterocycles. The molecule has 2 heterocycles. The Kier molecular flexibility index (Phi) is 8.57. The average Bonchev–Trinajstić information content (AvgIpc) is 3.11. The molecule has 2 fully saturated rings. The van der Waals surface area contributed by atoms with E-state index in [2.05, 4.69) is 16.0 Å². The predicted octanol–water partition coefficient (Wildman–Crippen LogP) is 2.59.